The standard InChI is InChI=1S/C15H29N3O2/c1-15(2,3)20-14(19)17-13-10-12(11-13)16-6-9-18-7-4-5-8-18/h12-13,16H,4-11H2,1-3H3,(H,17,19). The molecule has 5 heteroatoms. The molecule has 1 aliphatic heterocycles. The van der Waals surface area contributed by atoms with Crippen LogP contribution in [0.5, 0.6) is 0 Å². The monoisotopic (exact) mass is 283 g/mol. The summed E-state index contributed by atoms with van der Waals surface area (Å²) in [6.45, 7) is 10.4. The Hall–Kier alpha value is -0.810. The summed E-state index contributed by atoms with van der Waals surface area (Å²) in [6, 6.07) is 0.826. The van der Waals surface area contributed by atoms with Gasteiger partial charge in [-0.25, -0.2) is 4.79 Å². The molecule has 1 heterocycles. The van der Waals surface area contributed by atoms with Crippen molar-refractivity contribution < 1.29 is 9.53 Å². The van der Waals surface area contributed by atoms with Gasteiger partial charge in [0.25, 0.3) is 0 Å². The van der Waals surface area contributed by atoms with Crippen molar-refractivity contribution in [1.29, 1.82) is 0 Å². The number of amides is 1. The van der Waals surface area contributed by atoms with E-state index in [2.05, 4.69) is 15.5 Å². The van der Waals surface area contributed by atoms with E-state index >= 15 is 0 Å². The number of carbonyl (C=O) groups excluding carboxylic acids is 1. The SMILES string of the molecule is CC(C)(C)OC(=O)NC1CC(NCCN2CCCC2)C1. The van der Waals surface area contributed by atoms with Gasteiger partial charge in [0.15, 0.2) is 0 Å². The van der Waals surface area contributed by atoms with Crippen molar-refractivity contribution in [3.8, 4) is 0 Å². The number of nitrogens with zero attached hydrogens (tertiary/aromatic N) is 1. The van der Waals surface area contributed by atoms with Gasteiger partial charge in [-0.1, -0.05) is 0 Å². The van der Waals surface area contributed by atoms with Crippen LogP contribution in [0.25, 0.3) is 0 Å². The van der Waals surface area contributed by atoms with E-state index in [4.69, 9.17) is 4.74 Å². The second-order valence-corrected chi connectivity index (χ2v) is 7.01. The summed E-state index contributed by atoms with van der Waals surface area (Å²) in [6.07, 6.45) is 4.44. The maximum atomic E-state index is 11.6. The first-order chi connectivity index (χ1) is 9.42. The van der Waals surface area contributed by atoms with Crippen molar-refractivity contribution in [2.24, 2.45) is 0 Å². The highest BCUT2D eigenvalue weighted by atomic mass is 16.6. The lowest BCUT2D eigenvalue weighted by atomic mass is 9.87. The highest BCUT2D eigenvalue weighted by Gasteiger charge is 2.31. The minimum absolute atomic E-state index is 0.272. The molecule has 0 aromatic heterocycles. The van der Waals surface area contributed by atoms with E-state index in [-0.39, 0.29) is 12.1 Å². The molecule has 0 atom stereocenters. The van der Waals surface area contributed by atoms with Gasteiger partial charge in [0.05, 0.1) is 0 Å². The number of alkyl carbamates (subject to hydrolysis) is 1. The van der Waals surface area contributed by atoms with E-state index in [1.807, 2.05) is 20.8 Å². The maximum absolute atomic E-state index is 11.6. The van der Waals surface area contributed by atoms with Gasteiger partial charge in [-0.3, -0.25) is 0 Å². The summed E-state index contributed by atoms with van der Waals surface area (Å²) in [5, 5.41) is 6.49. The van der Waals surface area contributed by atoms with Crippen LogP contribution in [0, 0.1) is 0 Å². The van der Waals surface area contributed by atoms with Gasteiger partial charge in [-0.05, 0) is 59.5 Å². The molecule has 2 aliphatic rings. The van der Waals surface area contributed by atoms with Crippen LogP contribution in [0.3, 0.4) is 0 Å². The first-order valence-electron chi connectivity index (χ1n) is 7.87. The Labute approximate surface area is 122 Å². The van der Waals surface area contributed by atoms with Gasteiger partial charge in [0, 0.05) is 25.2 Å². The Morgan fingerprint density at radius 2 is 1.85 bits per heavy atom. The minimum atomic E-state index is -0.415. The number of likely N-dealkylation sites (tertiary alicyclic amines) is 1. The van der Waals surface area contributed by atoms with Crippen molar-refractivity contribution in [2.75, 3.05) is 26.2 Å². The zero-order valence-electron chi connectivity index (χ0n) is 13.1. The van der Waals surface area contributed by atoms with Crippen LogP contribution in [0.4, 0.5) is 4.79 Å². The van der Waals surface area contributed by atoms with Crippen molar-refractivity contribution in [1.82, 2.24) is 15.5 Å². The first-order valence-corrected chi connectivity index (χ1v) is 7.87. The first kappa shape index (κ1) is 15.6. The quantitative estimate of drug-likeness (QED) is 0.807. The minimum Gasteiger partial charge on any atom is -0.444 e. The second-order valence-electron chi connectivity index (χ2n) is 7.01. The number of carbonyl (C=O) groups is 1. The van der Waals surface area contributed by atoms with Gasteiger partial charge in [0.2, 0.25) is 0 Å². The van der Waals surface area contributed by atoms with Crippen LogP contribution < -0.4 is 10.6 Å². The smallest absolute Gasteiger partial charge is 0.407 e. The third kappa shape index (κ3) is 5.29. The van der Waals surface area contributed by atoms with E-state index in [1.54, 1.807) is 0 Å². The summed E-state index contributed by atoms with van der Waals surface area (Å²) < 4.78 is 5.25. The summed E-state index contributed by atoms with van der Waals surface area (Å²) in [7, 11) is 0. The molecule has 0 radical (unpaired) electrons. The summed E-state index contributed by atoms with van der Waals surface area (Å²) in [5.74, 6) is 0. The van der Waals surface area contributed by atoms with Crippen LogP contribution in [0.1, 0.15) is 46.5 Å². The highest BCUT2D eigenvalue weighted by molar-refractivity contribution is 5.68. The number of hydrogen-bond acceptors (Lipinski definition) is 4. The Morgan fingerprint density at radius 1 is 1.20 bits per heavy atom. The van der Waals surface area contributed by atoms with Gasteiger partial charge in [-0.2, -0.15) is 0 Å². The van der Waals surface area contributed by atoms with Gasteiger partial charge >= 0.3 is 6.09 Å². The molecule has 1 aliphatic carbocycles. The number of rotatable bonds is 5. The number of nitrogens with one attached hydrogen (secondary N) is 2. The molecule has 20 heavy (non-hydrogen) atoms. The van der Waals surface area contributed by atoms with Crippen LogP contribution >= 0.6 is 0 Å². The lowest BCUT2D eigenvalue weighted by Gasteiger charge is -2.37. The zero-order chi connectivity index (χ0) is 14.6. The molecule has 0 aromatic carbocycles. The molecule has 0 spiro atoms. The molecule has 1 amide bonds. The van der Waals surface area contributed by atoms with Crippen molar-refractivity contribution in [3.05, 3.63) is 0 Å². The van der Waals surface area contributed by atoms with Gasteiger partial charge in [-0.15, -0.1) is 0 Å². The van der Waals surface area contributed by atoms with Crippen LogP contribution in [0.2, 0.25) is 0 Å². The van der Waals surface area contributed by atoms with Crippen LogP contribution in [-0.4, -0.2) is 54.9 Å². The molecule has 1 saturated carbocycles. The second kappa shape index (κ2) is 6.76. The molecule has 2 rings (SSSR count). The van der Waals surface area contributed by atoms with E-state index < -0.39 is 5.60 Å². The molecule has 0 unspecified atom stereocenters. The molecule has 2 fully saturated rings. The molecular formula is C15H29N3O2. The fourth-order valence-electron chi connectivity index (χ4n) is 2.81. The molecule has 0 bridgehead atoms. The predicted octanol–water partition coefficient (Wildman–Crippen LogP) is 1.73. The maximum Gasteiger partial charge on any atom is 0.407 e. The lowest BCUT2D eigenvalue weighted by molar-refractivity contribution is 0.0465. The molecular weight excluding hydrogens is 254 g/mol. The Kier molecular flexibility index (Phi) is 5.27. The average Bonchev–Trinajstić information content (AvgIpc) is 2.75. The fraction of sp³-hybridized carbons (Fsp3) is 0.933. The molecule has 5 nitrogen and oxygen atoms in total. The molecule has 1 saturated heterocycles. The van der Waals surface area contributed by atoms with Crippen molar-refractivity contribution in [2.45, 2.75) is 64.1 Å². The van der Waals surface area contributed by atoms with E-state index in [9.17, 15) is 4.79 Å². The van der Waals surface area contributed by atoms with Crippen LogP contribution in [0.15, 0.2) is 0 Å². The van der Waals surface area contributed by atoms with Crippen molar-refractivity contribution >= 4 is 6.09 Å². The third-order valence-electron chi connectivity index (χ3n) is 3.92. The molecule has 0 aromatic rings. The van der Waals surface area contributed by atoms with E-state index in [1.165, 1.54) is 25.9 Å². The number of hydrogen-bond donors (Lipinski definition) is 2. The average molecular weight is 283 g/mol. The van der Waals surface area contributed by atoms with Gasteiger partial charge in [0.1, 0.15) is 5.60 Å². The highest BCUT2D eigenvalue weighted by Crippen LogP contribution is 2.20. The normalized spacial score (nSPS) is 27.1. The largest absolute Gasteiger partial charge is 0.444 e. The van der Waals surface area contributed by atoms with E-state index in [0.29, 0.717) is 6.04 Å². The van der Waals surface area contributed by atoms with Crippen LogP contribution in [-0.2, 0) is 4.74 Å². The summed E-state index contributed by atoms with van der Waals surface area (Å²) in [5.41, 5.74) is -0.415. The summed E-state index contributed by atoms with van der Waals surface area (Å²) >= 11 is 0. The Bertz CT molecular complexity index is 316. The Morgan fingerprint density at radius 3 is 2.45 bits per heavy atom. The third-order valence-corrected chi connectivity index (χ3v) is 3.92. The van der Waals surface area contributed by atoms with Gasteiger partial charge < -0.3 is 20.3 Å². The zero-order valence-corrected chi connectivity index (χ0v) is 13.1. The lowest BCUT2D eigenvalue weighted by Crippen LogP contribution is -2.54. The topological polar surface area (TPSA) is 53.6 Å². The predicted molar refractivity (Wildman–Crippen MR) is 79.9 cm³/mol. The number of ether oxygens (including phenoxy) is 1. The molecule has 116 valence electrons. The fourth-order valence-corrected chi connectivity index (χ4v) is 2.81. The van der Waals surface area contributed by atoms with E-state index in [0.717, 1.165) is 25.9 Å². The Balaban J connectivity index is 1.50. The van der Waals surface area contributed by atoms with Crippen molar-refractivity contribution in [3.63, 3.8) is 0 Å². The molecule has 2 N–H and O–H groups in total. The summed E-state index contributed by atoms with van der Waals surface area (Å²) in [4.78, 5) is 14.1.